The number of hydrogen-bond donors (Lipinski definition) is 0. The smallest absolute Gasteiger partial charge is 0.294 e. The van der Waals surface area contributed by atoms with E-state index >= 15 is 0 Å². The molecule has 0 N–H and O–H groups in total. The summed E-state index contributed by atoms with van der Waals surface area (Å²) in [7, 11) is 0. The number of allylic oxidation sites excluding steroid dienone is 1. The average Bonchev–Trinajstić information content (AvgIpc) is 2.57. The molecule has 2 aromatic carbocycles. The van der Waals surface area contributed by atoms with E-state index < -0.39 is 57.9 Å². The molecule has 1 unspecified atom stereocenters. The highest BCUT2D eigenvalue weighted by atomic mass is 19.4. The van der Waals surface area contributed by atoms with Gasteiger partial charge < -0.3 is 0 Å². The predicted octanol–water partition coefficient (Wildman–Crippen LogP) is 6.78. The number of Topliss-reactive ketones (excluding diaryl/α,β-unsaturated/α-hetero) is 1. The van der Waals surface area contributed by atoms with Crippen molar-refractivity contribution in [3.05, 3.63) is 76.1 Å². The van der Waals surface area contributed by atoms with E-state index in [0.29, 0.717) is 25.1 Å². The topological polar surface area (TPSA) is 17.1 Å². The molecule has 2 aromatic rings. The molecular formula is C20H14F8O. The monoisotopic (exact) mass is 422 g/mol. The van der Waals surface area contributed by atoms with Crippen molar-refractivity contribution in [2.24, 2.45) is 0 Å². The van der Waals surface area contributed by atoms with Gasteiger partial charge in [0, 0.05) is 12.5 Å². The van der Waals surface area contributed by atoms with Crippen molar-refractivity contribution in [1.29, 1.82) is 0 Å². The molecule has 0 fully saturated rings. The van der Waals surface area contributed by atoms with E-state index in [9.17, 15) is 39.9 Å². The van der Waals surface area contributed by atoms with Crippen LogP contribution in [0.2, 0.25) is 0 Å². The number of rotatable bonds is 5. The summed E-state index contributed by atoms with van der Waals surface area (Å²) in [6, 6.07) is 3.40. The van der Waals surface area contributed by atoms with Gasteiger partial charge in [-0.25, -0.2) is 22.0 Å². The van der Waals surface area contributed by atoms with Gasteiger partial charge in [-0.1, -0.05) is 24.3 Å². The van der Waals surface area contributed by atoms with Gasteiger partial charge in [0.15, 0.2) is 23.2 Å². The Bertz CT molecular complexity index is 931. The summed E-state index contributed by atoms with van der Waals surface area (Å²) in [4.78, 5) is 11.4. The van der Waals surface area contributed by atoms with Crippen molar-refractivity contribution in [3.63, 3.8) is 0 Å². The molecule has 0 aromatic heterocycles. The molecule has 0 spiro atoms. The number of hydrogen-bond acceptors (Lipinski definition) is 1. The molecule has 0 heterocycles. The number of carbonyl (C=O) groups excluding carboxylic acids is 1. The molecule has 0 saturated carbocycles. The van der Waals surface area contributed by atoms with Crippen LogP contribution in [-0.4, -0.2) is 11.7 Å². The first-order chi connectivity index (χ1) is 13.2. The minimum absolute atomic E-state index is 0.167. The number of carbonyl (C=O) groups is 1. The maximum atomic E-state index is 14.0. The molecule has 0 radical (unpaired) electrons. The van der Waals surface area contributed by atoms with Crippen LogP contribution in [0.3, 0.4) is 0 Å². The number of alkyl halides is 5. The first-order valence-electron chi connectivity index (χ1n) is 8.14. The summed E-state index contributed by atoms with van der Waals surface area (Å²) in [5, 5.41) is 0. The van der Waals surface area contributed by atoms with E-state index in [1.165, 1.54) is 0 Å². The Morgan fingerprint density at radius 2 is 1.52 bits per heavy atom. The lowest BCUT2D eigenvalue weighted by atomic mass is 9.91. The predicted molar refractivity (Wildman–Crippen MR) is 90.2 cm³/mol. The standard InChI is InChI=1S/C20H14F8O/c1-10(29)13-5-3-11(7-15(13)20(26,27)28)4-6-14(19(2,24)25)12-8-16(21)18(23)17(22)9-12/h3-9,14H,1-2H3/b6-4+. The largest absolute Gasteiger partial charge is 0.417 e. The Morgan fingerprint density at radius 1 is 0.966 bits per heavy atom. The fourth-order valence-electron chi connectivity index (χ4n) is 2.74. The summed E-state index contributed by atoms with van der Waals surface area (Å²) >= 11 is 0. The van der Waals surface area contributed by atoms with Crippen LogP contribution in [0, 0.1) is 17.5 Å². The molecule has 29 heavy (non-hydrogen) atoms. The summed E-state index contributed by atoms with van der Waals surface area (Å²) < 4.78 is 107. The third kappa shape index (κ3) is 5.21. The van der Waals surface area contributed by atoms with E-state index in [1.54, 1.807) is 0 Å². The number of ketones is 1. The molecule has 0 aliphatic rings. The molecular weight excluding hydrogens is 408 g/mol. The fourth-order valence-corrected chi connectivity index (χ4v) is 2.74. The maximum absolute atomic E-state index is 14.0. The summed E-state index contributed by atoms with van der Waals surface area (Å²) in [5.41, 5.74) is -2.60. The second kappa shape index (κ2) is 7.96. The van der Waals surface area contributed by atoms with Crippen LogP contribution in [0.1, 0.15) is 46.8 Å². The van der Waals surface area contributed by atoms with Gasteiger partial charge in [-0.2, -0.15) is 13.2 Å². The molecule has 0 saturated heterocycles. The summed E-state index contributed by atoms with van der Waals surface area (Å²) in [5.74, 6) is -11.5. The molecule has 2 rings (SSSR count). The van der Waals surface area contributed by atoms with E-state index in [-0.39, 0.29) is 5.56 Å². The molecule has 0 bridgehead atoms. The van der Waals surface area contributed by atoms with Crippen LogP contribution in [0.5, 0.6) is 0 Å². The molecule has 0 amide bonds. The van der Waals surface area contributed by atoms with E-state index in [4.69, 9.17) is 0 Å². The van der Waals surface area contributed by atoms with Crippen molar-refractivity contribution >= 4 is 11.9 Å². The third-order valence-corrected chi connectivity index (χ3v) is 4.12. The zero-order chi connectivity index (χ0) is 22.1. The van der Waals surface area contributed by atoms with Crippen molar-refractivity contribution in [3.8, 4) is 0 Å². The van der Waals surface area contributed by atoms with Gasteiger partial charge in [0.25, 0.3) is 5.92 Å². The summed E-state index contributed by atoms with van der Waals surface area (Å²) in [6.07, 6.45) is -3.20. The highest BCUT2D eigenvalue weighted by molar-refractivity contribution is 5.96. The molecule has 156 valence electrons. The second-order valence-electron chi connectivity index (χ2n) is 6.45. The minimum Gasteiger partial charge on any atom is -0.294 e. The van der Waals surface area contributed by atoms with Crippen LogP contribution in [-0.2, 0) is 6.18 Å². The highest BCUT2D eigenvalue weighted by Gasteiger charge is 2.36. The lowest BCUT2D eigenvalue weighted by Gasteiger charge is -2.21. The lowest BCUT2D eigenvalue weighted by molar-refractivity contribution is -0.137. The Morgan fingerprint density at radius 3 is 1.97 bits per heavy atom. The molecule has 9 heteroatoms. The quantitative estimate of drug-likeness (QED) is 0.295. The second-order valence-corrected chi connectivity index (χ2v) is 6.45. The normalized spacial score (nSPS) is 13.7. The molecule has 1 nitrogen and oxygen atoms in total. The van der Waals surface area contributed by atoms with Gasteiger partial charge in [-0.15, -0.1) is 0 Å². The van der Waals surface area contributed by atoms with Gasteiger partial charge in [0.05, 0.1) is 11.5 Å². The maximum Gasteiger partial charge on any atom is 0.417 e. The Labute approximate surface area is 160 Å². The van der Waals surface area contributed by atoms with Crippen LogP contribution in [0.25, 0.3) is 6.08 Å². The Kier molecular flexibility index (Phi) is 6.20. The third-order valence-electron chi connectivity index (χ3n) is 4.12. The van der Waals surface area contributed by atoms with Crippen molar-refractivity contribution in [2.75, 3.05) is 0 Å². The molecule has 1 atom stereocenters. The van der Waals surface area contributed by atoms with E-state index in [1.807, 2.05) is 0 Å². The van der Waals surface area contributed by atoms with Crippen LogP contribution >= 0.6 is 0 Å². The fraction of sp³-hybridized carbons (Fsp3) is 0.250. The molecule has 0 aliphatic carbocycles. The first-order valence-corrected chi connectivity index (χ1v) is 8.14. The van der Waals surface area contributed by atoms with Gasteiger partial charge in [0.1, 0.15) is 0 Å². The number of halogens is 8. The molecule has 0 aliphatic heterocycles. The van der Waals surface area contributed by atoms with Crippen molar-refractivity contribution < 1.29 is 39.9 Å². The van der Waals surface area contributed by atoms with E-state index in [2.05, 4.69) is 0 Å². The van der Waals surface area contributed by atoms with Crippen LogP contribution in [0.4, 0.5) is 35.1 Å². The van der Waals surface area contributed by atoms with Crippen LogP contribution < -0.4 is 0 Å². The Balaban J connectivity index is 2.52. The zero-order valence-electron chi connectivity index (χ0n) is 15.1. The highest BCUT2D eigenvalue weighted by Crippen LogP contribution is 2.37. The minimum atomic E-state index is -4.86. The van der Waals surface area contributed by atoms with Crippen molar-refractivity contribution in [1.82, 2.24) is 0 Å². The Hall–Kier alpha value is -2.71. The zero-order valence-corrected chi connectivity index (χ0v) is 15.1. The lowest BCUT2D eigenvalue weighted by Crippen LogP contribution is -2.21. The first kappa shape index (κ1) is 22.6. The summed E-state index contributed by atoms with van der Waals surface area (Å²) in [6.45, 7) is 1.40. The van der Waals surface area contributed by atoms with Gasteiger partial charge in [-0.05, 0) is 36.2 Å². The van der Waals surface area contributed by atoms with Gasteiger partial charge >= 0.3 is 6.18 Å². The SMILES string of the molecule is CC(=O)c1ccc(/C=C/C(c2cc(F)c(F)c(F)c2)C(C)(F)F)cc1C(F)(F)F. The van der Waals surface area contributed by atoms with Gasteiger partial charge in [-0.3, -0.25) is 4.79 Å². The average molecular weight is 422 g/mol. The van der Waals surface area contributed by atoms with E-state index in [0.717, 1.165) is 31.2 Å². The number of benzene rings is 2. The van der Waals surface area contributed by atoms with Crippen LogP contribution in [0.15, 0.2) is 36.4 Å². The van der Waals surface area contributed by atoms with Gasteiger partial charge in [0.2, 0.25) is 0 Å². The van der Waals surface area contributed by atoms with Crippen molar-refractivity contribution in [2.45, 2.75) is 31.9 Å².